The summed E-state index contributed by atoms with van der Waals surface area (Å²) in [5, 5.41) is 0. The number of hydrogen-bond donors (Lipinski definition) is 0. The Morgan fingerprint density at radius 2 is 2.55 bits per heavy atom. The Bertz CT molecular complexity index is 180. The molecular formula is C5H8O5P+. The van der Waals surface area contributed by atoms with E-state index in [4.69, 9.17) is 4.52 Å². The van der Waals surface area contributed by atoms with E-state index in [-0.39, 0.29) is 6.61 Å². The van der Waals surface area contributed by atoms with E-state index >= 15 is 0 Å². The minimum atomic E-state index is -1.93. The van der Waals surface area contributed by atoms with Crippen LogP contribution in [-0.2, 0) is 18.6 Å². The largest absolute Gasteiger partial charge is 0.557 e. The molecule has 1 fully saturated rings. The number of carbonyl (C=O) groups excluding carboxylic acids is 1. The van der Waals surface area contributed by atoms with Crippen LogP contribution in [-0.4, -0.2) is 25.2 Å². The summed E-state index contributed by atoms with van der Waals surface area (Å²) in [6.45, 7) is 2.07. The van der Waals surface area contributed by atoms with E-state index in [1.807, 2.05) is 0 Å². The molecule has 0 aromatic carbocycles. The van der Waals surface area contributed by atoms with Crippen molar-refractivity contribution in [2.45, 2.75) is 12.8 Å². The van der Waals surface area contributed by atoms with E-state index < -0.39 is 20.0 Å². The predicted octanol–water partition coefficient (Wildman–Crippen LogP) is 1.26. The van der Waals surface area contributed by atoms with Crippen molar-refractivity contribution in [3.8, 4) is 0 Å². The molecule has 11 heavy (non-hydrogen) atoms. The summed E-state index contributed by atoms with van der Waals surface area (Å²) < 4.78 is 24.6. The molecule has 0 radical (unpaired) electrons. The molecular weight excluding hydrogens is 171 g/mol. The van der Waals surface area contributed by atoms with Crippen molar-refractivity contribution in [3.05, 3.63) is 0 Å². The van der Waals surface area contributed by atoms with Gasteiger partial charge >= 0.3 is 20.0 Å². The second-order valence-corrected chi connectivity index (χ2v) is 3.24. The molecule has 1 rings (SSSR count). The topological polar surface area (TPSA) is 61.8 Å². The molecule has 62 valence electrons. The summed E-state index contributed by atoms with van der Waals surface area (Å²) in [7, 11) is -1.93. The first-order valence-electron chi connectivity index (χ1n) is 3.16. The second kappa shape index (κ2) is 3.64. The van der Waals surface area contributed by atoms with Crippen LogP contribution in [0, 0.1) is 0 Å². The summed E-state index contributed by atoms with van der Waals surface area (Å²) in [5.41, 5.74) is 0. The van der Waals surface area contributed by atoms with E-state index in [2.05, 4.69) is 9.47 Å². The average Bonchev–Trinajstić information content (AvgIpc) is 2.36. The lowest BCUT2D eigenvalue weighted by atomic mass is 10.8. The average molecular weight is 179 g/mol. The van der Waals surface area contributed by atoms with Crippen LogP contribution in [0.2, 0.25) is 0 Å². The zero-order chi connectivity index (χ0) is 8.27. The zero-order valence-corrected chi connectivity index (χ0v) is 6.87. The number of ether oxygens (including phenoxy) is 2. The second-order valence-electron chi connectivity index (χ2n) is 1.84. The SMILES string of the molecule is CCO[P+](=O)C1COC(=O)O1. The maximum absolute atomic E-state index is 11.0. The molecule has 0 saturated carbocycles. The van der Waals surface area contributed by atoms with Crippen molar-refractivity contribution in [2.24, 2.45) is 0 Å². The highest BCUT2D eigenvalue weighted by Gasteiger charge is 2.42. The van der Waals surface area contributed by atoms with Crippen LogP contribution < -0.4 is 0 Å². The number of rotatable bonds is 3. The molecule has 1 aliphatic heterocycles. The third-order valence-corrected chi connectivity index (χ3v) is 2.30. The van der Waals surface area contributed by atoms with Gasteiger partial charge in [0.15, 0.2) is 6.61 Å². The quantitative estimate of drug-likeness (QED) is 0.482. The molecule has 0 bridgehead atoms. The van der Waals surface area contributed by atoms with Crippen LogP contribution in [0.5, 0.6) is 0 Å². The Labute approximate surface area is 64.5 Å². The number of hydrogen-bond acceptors (Lipinski definition) is 5. The van der Waals surface area contributed by atoms with Crippen LogP contribution in [0.1, 0.15) is 6.92 Å². The van der Waals surface area contributed by atoms with Gasteiger partial charge in [0.1, 0.15) is 0 Å². The molecule has 2 unspecified atom stereocenters. The lowest BCUT2D eigenvalue weighted by Gasteiger charge is -1.89. The van der Waals surface area contributed by atoms with Crippen LogP contribution in [0.4, 0.5) is 4.79 Å². The van der Waals surface area contributed by atoms with Gasteiger partial charge in [0.2, 0.25) is 0 Å². The van der Waals surface area contributed by atoms with Gasteiger partial charge in [-0.25, -0.2) is 4.79 Å². The minimum absolute atomic E-state index is 0.0219. The van der Waals surface area contributed by atoms with Crippen molar-refractivity contribution in [2.75, 3.05) is 13.2 Å². The maximum Gasteiger partial charge on any atom is 0.557 e. The van der Waals surface area contributed by atoms with Gasteiger partial charge < -0.3 is 9.47 Å². The Morgan fingerprint density at radius 3 is 3.00 bits per heavy atom. The minimum Gasteiger partial charge on any atom is -0.425 e. The Morgan fingerprint density at radius 1 is 1.82 bits per heavy atom. The van der Waals surface area contributed by atoms with E-state index in [0.29, 0.717) is 6.61 Å². The molecule has 1 saturated heterocycles. The van der Waals surface area contributed by atoms with Crippen molar-refractivity contribution in [1.29, 1.82) is 0 Å². The highest BCUT2D eigenvalue weighted by molar-refractivity contribution is 7.39. The van der Waals surface area contributed by atoms with Crippen molar-refractivity contribution in [3.63, 3.8) is 0 Å². The monoisotopic (exact) mass is 179 g/mol. The van der Waals surface area contributed by atoms with Crippen molar-refractivity contribution >= 4 is 14.2 Å². The van der Waals surface area contributed by atoms with E-state index in [9.17, 15) is 9.36 Å². The molecule has 1 heterocycles. The summed E-state index contributed by atoms with van der Waals surface area (Å²) in [5.74, 6) is -0.725. The first-order chi connectivity index (χ1) is 5.24. The van der Waals surface area contributed by atoms with Gasteiger partial charge in [-0.15, -0.1) is 4.52 Å². The van der Waals surface area contributed by atoms with E-state index in [0.717, 1.165) is 0 Å². The summed E-state index contributed by atoms with van der Waals surface area (Å²) >= 11 is 0. The molecule has 0 aromatic rings. The number of carbonyl (C=O) groups is 1. The fourth-order valence-electron chi connectivity index (χ4n) is 0.633. The Kier molecular flexibility index (Phi) is 2.79. The van der Waals surface area contributed by atoms with Crippen LogP contribution in [0.25, 0.3) is 0 Å². The van der Waals surface area contributed by atoms with Gasteiger partial charge in [-0.2, -0.15) is 0 Å². The standard InChI is InChI=1S/C5H8O5P/c1-2-9-11(7)4-3-8-5(6)10-4/h4H,2-3H2,1H3/q+1. The van der Waals surface area contributed by atoms with Crippen molar-refractivity contribution < 1.29 is 23.4 Å². The van der Waals surface area contributed by atoms with Gasteiger partial charge in [0.05, 0.1) is 6.61 Å². The molecule has 0 spiro atoms. The van der Waals surface area contributed by atoms with Crippen molar-refractivity contribution in [1.82, 2.24) is 0 Å². The fourth-order valence-corrected chi connectivity index (χ4v) is 1.42. The Balaban J connectivity index is 2.37. The first kappa shape index (κ1) is 8.43. The molecule has 0 amide bonds. The summed E-state index contributed by atoms with van der Waals surface area (Å²) in [6, 6.07) is 0. The smallest absolute Gasteiger partial charge is 0.425 e. The summed E-state index contributed by atoms with van der Waals surface area (Å²) in [4.78, 5) is 10.3. The van der Waals surface area contributed by atoms with Gasteiger partial charge in [0, 0.05) is 0 Å². The summed E-state index contributed by atoms with van der Waals surface area (Å²) in [6.07, 6.45) is -0.780. The molecule has 0 aromatic heterocycles. The lowest BCUT2D eigenvalue weighted by Crippen LogP contribution is -2.04. The van der Waals surface area contributed by atoms with E-state index in [1.54, 1.807) is 6.92 Å². The first-order valence-corrected chi connectivity index (χ1v) is 4.41. The van der Waals surface area contributed by atoms with Gasteiger partial charge in [-0.3, -0.25) is 0 Å². The molecule has 5 nitrogen and oxygen atoms in total. The van der Waals surface area contributed by atoms with Crippen LogP contribution in [0.15, 0.2) is 0 Å². The van der Waals surface area contributed by atoms with Crippen LogP contribution >= 0.6 is 8.03 Å². The maximum atomic E-state index is 11.0. The molecule has 2 atom stereocenters. The van der Waals surface area contributed by atoms with Crippen LogP contribution in [0.3, 0.4) is 0 Å². The number of cyclic esters (lactones) is 2. The lowest BCUT2D eigenvalue weighted by molar-refractivity contribution is 0.126. The Hall–Kier alpha value is -0.670. The third kappa shape index (κ3) is 2.13. The third-order valence-electron chi connectivity index (χ3n) is 1.07. The molecule has 0 aliphatic carbocycles. The van der Waals surface area contributed by atoms with E-state index in [1.165, 1.54) is 0 Å². The highest BCUT2D eigenvalue weighted by atomic mass is 31.1. The highest BCUT2D eigenvalue weighted by Crippen LogP contribution is 2.33. The molecule has 6 heteroatoms. The predicted molar refractivity (Wildman–Crippen MR) is 35.5 cm³/mol. The fraction of sp³-hybridized carbons (Fsp3) is 0.800. The zero-order valence-electron chi connectivity index (χ0n) is 5.98. The normalized spacial score (nSPS) is 24.3. The van der Waals surface area contributed by atoms with Gasteiger partial charge in [-0.1, -0.05) is 0 Å². The molecule has 1 aliphatic rings. The molecule has 0 N–H and O–H groups in total. The van der Waals surface area contributed by atoms with Gasteiger partial charge in [0.25, 0.3) is 0 Å². The van der Waals surface area contributed by atoms with Gasteiger partial charge in [-0.05, 0) is 11.5 Å².